The van der Waals surface area contributed by atoms with Crippen LogP contribution >= 0.6 is 0 Å². The zero-order valence-electron chi connectivity index (χ0n) is 13.0. The molecule has 1 N–H and O–H groups in total. The van der Waals surface area contributed by atoms with Crippen LogP contribution in [0.15, 0.2) is 6.20 Å². The van der Waals surface area contributed by atoms with Crippen LogP contribution in [0, 0.1) is 5.92 Å². The van der Waals surface area contributed by atoms with Gasteiger partial charge in [0.05, 0.1) is 5.69 Å². The fraction of sp³-hybridized carbons (Fsp3) is 0.875. The molecule has 0 amide bonds. The summed E-state index contributed by atoms with van der Waals surface area (Å²) in [5.41, 5.74) is 1.08. The highest BCUT2D eigenvalue weighted by Crippen LogP contribution is 2.27. The van der Waals surface area contributed by atoms with Crippen LogP contribution < -0.4 is 5.32 Å². The number of hydrogen-bond acceptors (Lipinski definition) is 3. The van der Waals surface area contributed by atoms with Gasteiger partial charge in [-0.25, -0.2) is 0 Å². The third-order valence-electron chi connectivity index (χ3n) is 4.01. The molecule has 2 rings (SSSR count). The molecular formula is C16H30N4. The summed E-state index contributed by atoms with van der Waals surface area (Å²) in [5, 5.41) is 11.9. The van der Waals surface area contributed by atoms with Crippen LogP contribution in [0.25, 0.3) is 0 Å². The van der Waals surface area contributed by atoms with Crippen molar-refractivity contribution in [3.63, 3.8) is 0 Å². The largest absolute Gasteiger partial charge is 0.311 e. The summed E-state index contributed by atoms with van der Waals surface area (Å²) in [6, 6.07) is 0. The van der Waals surface area contributed by atoms with Crippen molar-refractivity contribution in [3.05, 3.63) is 11.9 Å². The lowest BCUT2D eigenvalue weighted by Crippen LogP contribution is -2.16. The third kappa shape index (κ3) is 6.51. The lowest BCUT2D eigenvalue weighted by Gasteiger charge is -2.01. The second-order valence-electron chi connectivity index (χ2n) is 6.17. The zero-order chi connectivity index (χ0) is 14.0. The van der Waals surface area contributed by atoms with Gasteiger partial charge in [0.2, 0.25) is 0 Å². The van der Waals surface area contributed by atoms with E-state index in [1.165, 1.54) is 57.8 Å². The molecule has 1 fully saturated rings. The van der Waals surface area contributed by atoms with E-state index in [-0.39, 0.29) is 0 Å². The molecule has 1 aromatic rings. The van der Waals surface area contributed by atoms with Gasteiger partial charge in [0, 0.05) is 19.3 Å². The van der Waals surface area contributed by atoms with E-state index in [1.807, 2.05) is 4.68 Å². The minimum Gasteiger partial charge on any atom is -0.311 e. The van der Waals surface area contributed by atoms with Crippen LogP contribution in [0.1, 0.15) is 70.4 Å². The van der Waals surface area contributed by atoms with Gasteiger partial charge in [-0.15, -0.1) is 5.10 Å². The molecule has 1 heterocycles. The lowest BCUT2D eigenvalue weighted by molar-refractivity contribution is 0.513. The zero-order valence-corrected chi connectivity index (χ0v) is 13.0. The number of rotatable bonds is 12. The molecule has 0 atom stereocenters. The third-order valence-corrected chi connectivity index (χ3v) is 4.01. The van der Waals surface area contributed by atoms with Gasteiger partial charge in [-0.05, 0) is 31.7 Å². The van der Waals surface area contributed by atoms with Gasteiger partial charge < -0.3 is 5.32 Å². The van der Waals surface area contributed by atoms with Gasteiger partial charge in [-0.1, -0.05) is 50.7 Å². The molecule has 0 bridgehead atoms. The summed E-state index contributed by atoms with van der Waals surface area (Å²) >= 11 is 0. The number of aryl methyl sites for hydroxylation is 1. The van der Waals surface area contributed by atoms with Gasteiger partial charge >= 0.3 is 0 Å². The molecule has 0 spiro atoms. The first-order chi connectivity index (χ1) is 9.88. The number of unbranched alkanes of at least 4 members (excludes halogenated alkanes) is 6. The smallest absolute Gasteiger partial charge is 0.0964 e. The maximum absolute atomic E-state index is 4.22. The monoisotopic (exact) mass is 278 g/mol. The predicted octanol–water partition coefficient (Wildman–Crippen LogP) is 3.53. The average molecular weight is 278 g/mol. The maximum atomic E-state index is 4.22. The van der Waals surface area contributed by atoms with Crippen LogP contribution in [0.3, 0.4) is 0 Å². The van der Waals surface area contributed by atoms with E-state index >= 15 is 0 Å². The Balaban J connectivity index is 1.48. The number of nitrogens with one attached hydrogen (secondary N) is 1. The van der Waals surface area contributed by atoms with Crippen LogP contribution in [-0.4, -0.2) is 21.5 Å². The maximum Gasteiger partial charge on any atom is 0.0964 e. The Morgan fingerprint density at radius 2 is 1.90 bits per heavy atom. The predicted molar refractivity (Wildman–Crippen MR) is 82.4 cm³/mol. The van der Waals surface area contributed by atoms with E-state index < -0.39 is 0 Å². The van der Waals surface area contributed by atoms with Crippen LogP contribution in [0.2, 0.25) is 0 Å². The van der Waals surface area contributed by atoms with Crippen LogP contribution in [0.5, 0.6) is 0 Å². The molecule has 1 aromatic heterocycles. The first-order valence-corrected chi connectivity index (χ1v) is 8.48. The summed E-state index contributed by atoms with van der Waals surface area (Å²) in [7, 11) is 0. The Hall–Kier alpha value is -0.900. The fourth-order valence-electron chi connectivity index (χ4n) is 2.49. The summed E-state index contributed by atoms with van der Waals surface area (Å²) in [6.45, 7) is 5.29. The van der Waals surface area contributed by atoms with Crippen molar-refractivity contribution in [2.45, 2.75) is 77.8 Å². The van der Waals surface area contributed by atoms with Gasteiger partial charge in [0.15, 0.2) is 0 Å². The first-order valence-electron chi connectivity index (χ1n) is 8.48. The Bertz CT molecular complexity index is 357. The topological polar surface area (TPSA) is 42.7 Å². The second kappa shape index (κ2) is 9.11. The minimum atomic E-state index is 0.869. The van der Waals surface area contributed by atoms with E-state index in [0.717, 1.165) is 31.2 Å². The molecule has 0 unspecified atom stereocenters. The molecule has 1 aliphatic carbocycles. The van der Waals surface area contributed by atoms with Crippen molar-refractivity contribution >= 4 is 0 Å². The molecule has 0 aromatic carbocycles. The standard InChI is InChI=1S/C16H30N4/c1-2-3-4-5-6-7-8-11-20-14-16(18-19-20)13-17-12-15-9-10-15/h14-15,17H,2-13H2,1H3. The van der Waals surface area contributed by atoms with E-state index in [9.17, 15) is 0 Å². The highest BCUT2D eigenvalue weighted by molar-refractivity contribution is 4.92. The second-order valence-corrected chi connectivity index (χ2v) is 6.17. The van der Waals surface area contributed by atoms with Crippen LogP contribution in [0.4, 0.5) is 0 Å². The van der Waals surface area contributed by atoms with Crippen molar-refractivity contribution in [2.24, 2.45) is 5.92 Å². The Morgan fingerprint density at radius 3 is 2.65 bits per heavy atom. The van der Waals surface area contributed by atoms with Crippen molar-refractivity contribution < 1.29 is 0 Å². The first kappa shape index (κ1) is 15.5. The van der Waals surface area contributed by atoms with E-state index in [4.69, 9.17) is 0 Å². The van der Waals surface area contributed by atoms with Gasteiger partial charge in [0.1, 0.15) is 0 Å². The molecule has 114 valence electrons. The number of hydrogen-bond donors (Lipinski definition) is 1. The Labute approximate surface area is 123 Å². The Morgan fingerprint density at radius 1 is 1.15 bits per heavy atom. The molecule has 1 saturated carbocycles. The Kier molecular flexibility index (Phi) is 7.06. The van der Waals surface area contributed by atoms with E-state index in [2.05, 4.69) is 28.7 Å². The number of aromatic nitrogens is 3. The van der Waals surface area contributed by atoms with Crippen molar-refractivity contribution in [2.75, 3.05) is 6.54 Å². The highest BCUT2D eigenvalue weighted by atomic mass is 15.4. The molecule has 20 heavy (non-hydrogen) atoms. The molecule has 4 nitrogen and oxygen atoms in total. The van der Waals surface area contributed by atoms with E-state index in [0.29, 0.717) is 0 Å². The van der Waals surface area contributed by atoms with Crippen molar-refractivity contribution in [3.8, 4) is 0 Å². The quantitative estimate of drug-likeness (QED) is 0.595. The molecule has 0 aliphatic heterocycles. The normalized spacial score (nSPS) is 14.8. The fourth-order valence-corrected chi connectivity index (χ4v) is 2.49. The molecule has 4 heteroatoms. The molecule has 0 radical (unpaired) electrons. The lowest BCUT2D eigenvalue weighted by atomic mass is 10.1. The van der Waals surface area contributed by atoms with Crippen molar-refractivity contribution in [1.82, 2.24) is 20.3 Å². The van der Waals surface area contributed by atoms with Gasteiger partial charge in [-0.3, -0.25) is 4.68 Å². The minimum absolute atomic E-state index is 0.869. The summed E-state index contributed by atoms with van der Waals surface area (Å²) < 4.78 is 2.00. The van der Waals surface area contributed by atoms with Gasteiger partial charge in [0.25, 0.3) is 0 Å². The summed E-state index contributed by atoms with van der Waals surface area (Å²) in [4.78, 5) is 0. The summed E-state index contributed by atoms with van der Waals surface area (Å²) in [5.74, 6) is 0.928. The van der Waals surface area contributed by atoms with Crippen molar-refractivity contribution in [1.29, 1.82) is 0 Å². The highest BCUT2D eigenvalue weighted by Gasteiger charge is 2.20. The van der Waals surface area contributed by atoms with E-state index in [1.54, 1.807) is 0 Å². The van der Waals surface area contributed by atoms with Crippen LogP contribution in [-0.2, 0) is 13.1 Å². The SMILES string of the molecule is CCCCCCCCCn1cc(CNCC2CC2)nn1. The molecule has 1 aliphatic rings. The van der Waals surface area contributed by atoms with Gasteiger partial charge in [-0.2, -0.15) is 0 Å². The average Bonchev–Trinajstić information content (AvgIpc) is 3.16. The summed E-state index contributed by atoms with van der Waals surface area (Å²) in [6.07, 6.45) is 14.3. The molecular weight excluding hydrogens is 248 g/mol. The number of nitrogens with zero attached hydrogens (tertiary/aromatic N) is 3. The molecule has 0 saturated heterocycles.